The highest BCUT2D eigenvalue weighted by molar-refractivity contribution is 5.76. The minimum absolute atomic E-state index is 0.0266. The van der Waals surface area contributed by atoms with Gasteiger partial charge in [0.1, 0.15) is 5.75 Å². The first-order valence-electron chi connectivity index (χ1n) is 11.3. The second-order valence-corrected chi connectivity index (χ2v) is 8.52. The first kappa shape index (κ1) is 24.7. The summed E-state index contributed by atoms with van der Waals surface area (Å²) in [6.45, 7) is 5.19. The van der Waals surface area contributed by atoms with Crippen molar-refractivity contribution in [2.75, 3.05) is 26.7 Å². The van der Waals surface area contributed by atoms with Crippen molar-refractivity contribution in [3.8, 4) is 5.75 Å². The van der Waals surface area contributed by atoms with Crippen LogP contribution in [-0.4, -0.2) is 80.8 Å². The van der Waals surface area contributed by atoms with Gasteiger partial charge in [-0.3, -0.25) is 4.79 Å². The third-order valence-corrected chi connectivity index (χ3v) is 5.85. The largest absolute Gasteiger partial charge is 0.415 e. The molecule has 0 radical (unpaired) electrons. The molecule has 2 amide bonds. The summed E-state index contributed by atoms with van der Waals surface area (Å²) in [6.07, 6.45) is 1.75. The van der Waals surface area contributed by atoms with E-state index in [0.29, 0.717) is 31.7 Å². The number of carbonyl (C=O) groups is 2. The van der Waals surface area contributed by atoms with Gasteiger partial charge in [0.15, 0.2) is 0 Å². The van der Waals surface area contributed by atoms with Crippen LogP contribution in [0.4, 0.5) is 4.79 Å². The lowest BCUT2D eigenvalue weighted by atomic mass is 10.0. The maximum atomic E-state index is 12.9. The molecule has 10 nitrogen and oxygen atoms in total. The van der Waals surface area contributed by atoms with E-state index in [-0.39, 0.29) is 43.7 Å². The minimum Gasteiger partial charge on any atom is -0.410 e. The number of amides is 2. The molecule has 1 N–H and O–H groups in total. The number of aromatic nitrogens is 3. The van der Waals surface area contributed by atoms with Gasteiger partial charge < -0.3 is 24.4 Å². The van der Waals surface area contributed by atoms with Crippen LogP contribution in [0.3, 0.4) is 0 Å². The average Bonchev–Trinajstić information content (AvgIpc) is 3.26. The smallest absolute Gasteiger partial charge is 0.410 e. The fraction of sp³-hybridized carbons (Fsp3) is 0.565. The normalized spacial score (nSPS) is 20.8. The first-order valence-corrected chi connectivity index (χ1v) is 11.3. The summed E-state index contributed by atoms with van der Waals surface area (Å²) in [4.78, 5) is 28.7. The number of carbonyl (C=O) groups excluding carboxylic acids is 2. The van der Waals surface area contributed by atoms with Gasteiger partial charge in [-0.05, 0) is 25.5 Å². The zero-order valence-electron chi connectivity index (χ0n) is 19.5. The highest BCUT2D eigenvalue weighted by Gasteiger charge is 2.29. The topological polar surface area (TPSA) is 110 Å². The Labute approximate surface area is 194 Å². The SMILES string of the molecule is C[C@H](CO)N1C[C@H](C)[C@H](CN(C)C(=O)Oc2ccccc2)OCc2cnnn2CCCC1=O. The quantitative estimate of drug-likeness (QED) is 0.727. The van der Waals surface area contributed by atoms with Crippen molar-refractivity contribution in [1.29, 1.82) is 0 Å². The standard InChI is InChI=1S/C23H33N5O5/c1-17-13-27(18(2)15-29)22(30)10-7-11-28-19(12-24-25-28)16-32-21(17)14-26(3)23(31)33-20-8-5-4-6-9-20/h4-6,8-9,12,17-18,21,29H,7,10-11,13-16H2,1-3H3/t17-,18+,21-/m0/s1. The molecule has 0 unspecified atom stereocenters. The molecule has 1 aliphatic heterocycles. The molecule has 180 valence electrons. The van der Waals surface area contributed by atoms with E-state index >= 15 is 0 Å². The van der Waals surface area contributed by atoms with E-state index in [2.05, 4.69) is 10.3 Å². The highest BCUT2D eigenvalue weighted by Crippen LogP contribution is 2.19. The van der Waals surface area contributed by atoms with Crippen molar-refractivity contribution in [1.82, 2.24) is 24.8 Å². The molecule has 33 heavy (non-hydrogen) atoms. The maximum absolute atomic E-state index is 12.9. The van der Waals surface area contributed by atoms with E-state index in [4.69, 9.17) is 9.47 Å². The Bertz CT molecular complexity index is 906. The lowest BCUT2D eigenvalue weighted by Crippen LogP contribution is -2.48. The number of para-hydroxylation sites is 1. The lowest BCUT2D eigenvalue weighted by Gasteiger charge is -2.35. The number of ether oxygens (including phenoxy) is 2. The molecule has 2 aromatic rings. The summed E-state index contributed by atoms with van der Waals surface area (Å²) in [6, 6.07) is 8.56. The van der Waals surface area contributed by atoms with E-state index in [1.165, 1.54) is 4.90 Å². The molecule has 1 aromatic heterocycles. The average molecular weight is 460 g/mol. The Morgan fingerprint density at radius 1 is 1.36 bits per heavy atom. The summed E-state index contributed by atoms with van der Waals surface area (Å²) in [5.41, 5.74) is 0.815. The Kier molecular flexibility index (Phi) is 8.79. The molecule has 0 bridgehead atoms. The molecule has 3 atom stereocenters. The van der Waals surface area contributed by atoms with Crippen LogP contribution in [0.2, 0.25) is 0 Å². The molecule has 2 heterocycles. The van der Waals surface area contributed by atoms with Crippen molar-refractivity contribution in [3.05, 3.63) is 42.2 Å². The summed E-state index contributed by atoms with van der Waals surface area (Å²) in [7, 11) is 1.66. The number of likely N-dealkylation sites (N-methyl/N-ethyl adjacent to an activating group) is 1. The zero-order chi connectivity index (χ0) is 23.8. The van der Waals surface area contributed by atoms with Gasteiger partial charge in [0.2, 0.25) is 5.91 Å². The second-order valence-electron chi connectivity index (χ2n) is 8.52. The number of hydrogen-bond acceptors (Lipinski definition) is 7. The van der Waals surface area contributed by atoms with Gasteiger partial charge in [0, 0.05) is 32.5 Å². The molecule has 3 rings (SSSR count). The van der Waals surface area contributed by atoms with E-state index < -0.39 is 6.09 Å². The summed E-state index contributed by atoms with van der Waals surface area (Å²) in [5.74, 6) is 0.324. The lowest BCUT2D eigenvalue weighted by molar-refractivity contribution is -0.136. The van der Waals surface area contributed by atoms with Gasteiger partial charge in [0.25, 0.3) is 0 Å². The van der Waals surface area contributed by atoms with Crippen LogP contribution in [0.15, 0.2) is 36.5 Å². The van der Waals surface area contributed by atoms with Crippen molar-refractivity contribution in [3.63, 3.8) is 0 Å². The van der Waals surface area contributed by atoms with Gasteiger partial charge in [-0.25, -0.2) is 9.48 Å². The van der Waals surface area contributed by atoms with Crippen LogP contribution in [0.1, 0.15) is 32.4 Å². The predicted octanol–water partition coefficient (Wildman–Crippen LogP) is 1.93. The Morgan fingerprint density at radius 3 is 2.85 bits per heavy atom. The van der Waals surface area contributed by atoms with Crippen molar-refractivity contribution in [2.24, 2.45) is 5.92 Å². The molecular weight excluding hydrogens is 426 g/mol. The van der Waals surface area contributed by atoms with Crippen LogP contribution < -0.4 is 4.74 Å². The second kappa shape index (κ2) is 11.8. The molecule has 10 heteroatoms. The third-order valence-electron chi connectivity index (χ3n) is 5.85. The van der Waals surface area contributed by atoms with E-state index in [1.54, 1.807) is 47.1 Å². The predicted molar refractivity (Wildman–Crippen MR) is 120 cm³/mol. The molecule has 0 spiro atoms. The van der Waals surface area contributed by atoms with Crippen LogP contribution >= 0.6 is 0 Å². The maximum Gasteiger partial charge on any atom is 0.415 e. The zero-order valence-corrected chi connectivity index (χ0v) is 19.5. The van der Waals surface area contributed by atoms with Crippen LogP contribution in [0.5, 0.6) is 5.75 Å². The summed E-state index contributed by atoms with van der Waals surface area (Å²) >= 11 is 0. The van der Waals surface area contributed by atoms with Gasteiger partial charge in [-0.15, -0.1) is 5.10 Å². The Balaban J connectivity index is 1.76. The molecule has 0 saturated heterocycles. The van der Waals surface area contributed by atoms with Gasteiger partial charge in [0.05, 0.1) is 43.8 Å². The van der Waals surface area contributed by atoms with Crippen molar-refractivity contribution >= 4 is 12.0 Å². The Morgan fingerprint density at radius 2 is 2.12 bits per heavy atom. The molecule has 0 aliphatic carbocycles. The summed E-state index contributed by atoms with van der Waals surface area (Å²) < 4.78 is 13.4. The van der Waals surface area contributed by atoms with E-state index in [9.17, 15) is 14.7 Å². The molecular formula is C23H33N5O5. The number of rotatable bonds is 5. The van der Waals surface area contributed by atoms with Crippen LogP contribution in [0.25, 0.3) is 0 Å². The van der Waals surface area contributed by atoms with Gasteiger partial charge in [-0.1, -0.05) is 30.3 Å². The number of aliphatic hydroxyl groups is 1. The molecule has 1 aliphatic rings. The highest BCUT2D eigenvalue weighted by atomic mass is 16.6. The monoisotopic (exact) mass is 459 g/mol. The number of nitrogens with zero attached hydrogens (tertiary/aromatic N) is 5. The van der Waals surface area contributed by atoms with Crippen molar-refractivity contribution in [2.45, 2.75) is 52.0 Å². The number of hydrogen-bond donors (Lipinski definition) is 1. The number of aryl methyl sites for hydroxylation is 1. The first-order chi connectivity index (χ1) is 15.9. The summed E-state index contributed by atoms with van der Waals surface area (Å²) in [5, 5.41) is 17.8. The fourth-order valence-corrected chi connectivity index (χ4v) is 3.76. The van der Waals surface area contributed by atoms with E-state index in [1.807, 2.05) is 19.9 Å². The van der Waals surface area contributed by atoms with Crippen molar-refractivity contribution < 1.29 is 24.2 Å². The minimum atomic E-state index is -0.494. The van der Waals surface area contributed by atoms with E-state index in [0.717, 1.165) is 5.69 Å². The third kappa shape index (κ3) is 6.75. The number of benzene rings is 1. The fourth-order valence-electron chi connectivity index (χ4n) is 3.76. The van der Waals surface area contributed by atoms with Crippen LogP contribution in [0, 0.1) is 5.92 Å². The molecule has 0 fully saturated rings. The molecule has 0 saturated carbocycles. The Hall–Kier alpha value is -2.98. The number of fused-ring (bicyclic) bond motifs is 1. The van der Waals surface area contributed by atoms with Gasteiger partial charge in [-0.2, -0.15) is 0 Å². The number of aliphatic hydroxyl groups excluding tert-OH is 1. The van der Waals surface area contributed by atoms with Gasteiger partial charge >= 0.3 is 6.09 Å². The molecule has 1 aromatic carbocycles. The van der Waals surface area contributed by atoms with Crippen LogP contribution in [-0.2, 0) is 22.7 Å².